The number of ether oxygens (including phenoxy) is 2. The summed E-state index contributed by atoms with van der Waals surface area (Å²) in [4.78, 5) is 0. The monoisotopic (exact) mass is 248 g/mol. The summed E-state index contributed by atoms with van der Waals surface area (Å²) in [6.07, 6.45) is 0.149. The highest BCUT2D eigenvalue weighted by Gasteiger charge is 2.30. The van der Waals surface area contributed by atoms with Gasteiger partial charge in [0.2, 0.25) is 0 Å². The third-order valence-corrected chi connectivity index (χ3v) is 2.89. The fourth-order valence-corrected chi connectivity index (χ4v) is 1.31. The molecule has 0 saturated carbocycles. The van der Waals surface area contributed by atoms with Crippen molar-refractivity contribution in [3.8, 4) is 0 Å². The van der Waals surface area contributed by atoms with Crippen LogP contribution in [0.3, 0.4) is 0 Å². The van der Waals surface area contributed by atoms with Gasteiger partial charge in [0.1, 0.15) is 0 Å². The molecule has 0 aliphatic carbocycles. The molecule has 0 aromatic heterocycles. The second kappa shape index (κ2) is 8.03. The predicted molar refractivity (Wildman–Crippen MR) is 67.9 cm³/mol. The second-order valence-electron chi connectivity index (χ2n) is 5.46. The molecule has 2 N–H and O–H groups in total. The summed E-state index contributed by atoms with van der Waals surface area (Å²) in [5, 5.41) is 18.3. The molecule has 0 radical (unpaired) electrons. The number of hydrogen-bond acceptors (Lipinski definition) is 4. The number of aliphatic hydroxyl groups excluding tert-OH is 2. The molecule has 2 unspecified atom stereocenters. The van der Waals surface area contributed by atoms with E-state index in [1.165, 1.54) is 0 Å². The zero-order chi connectivity index (χ0) is 13.5. The van der Waals surface area contributed by atoms with Crippen LogP contribution < -0.4 is 0 Å². The Hall–Kier alpha value is -0.160. The maximum atomic E-state index is 9.39. The Bertz CT molecular complexity index is 192. The van der Waals surface area contributed by atoms with Crippen LogP contribution in [0.1, 0.15) is 34.6 Å². The zero-order valence-corrected chi connectivity index (χ0v) is 11.8. The summed E-state index contributed by atoms with van der Waals surface area (Å²) in [6, 6.07) is 0. The fourth-order valence-electron chi connectivity index (χ4n) is 1.31. The van der Waals surface area contributed by atoms with Gasteiger partial charge in [0.05, 0.1) is 31.5 Å². The van der Waals surface area contributed by atoms with Gasteiger partial charge in [-0.1, -0.05) is 6.92 Å². The molecule has 104 valence electrons. The Balaban J connectivity index is 4.21. The van der Waals surface area contributed by atoms with Crippen LogP contribution in [0.2, 0.25) is 0 Å². The van der Waals surface area contributed by atoms with Crippen molar-refractivity contribution in [2.75, 3.05) is 26.4 Å². The summed E-state index contributed by atoms with van der Waals surface area (Å²) in [5.41, 5.74) is -0.451. The van der Waals surface area contributed by atoms with E-state index in [0.717, 1.165) is 0 Å². The molecule has 4 heteroatoms. The first-order valence-corrected chi connectivity index (χ1v) is 6.30. The molecular formula is C13H28O4. The quantitative estimate of drug-likeness (QED) is 0.648. The minimum atomic E-state index is -0.451. The predicted octanol–water partition coefficient (Wildman–Crippen LogP) is 1.44. The Morgan fingerprint density at radius 1 is 1.00 bits per heavy atom. The van der Waals surface area contributed by atoms with E-state index < -0.39 is 5.60 Å². The van der Waals surface area contributed by atoms with Crippen LogP contribution in [0.15, 0.2) is 0 Å². The largest absolute Gasteiger partial charge is 0.396 e. The van der Waals surface area contributed by atoms with Crippen molar-refractivity contribution < 1.29 is 19.7 Å². The van der Waals surface area contributed by atoms with Crippen molar-refractivity contribution in [1.82, 2.24) is 0 Å². The highest BCUT2D eigenvalue weighted by atomic mass is 16.5. The number of rotatable bonds is 9. The van der Waals surface area contributed by atoms with Crippen molar-refractivity contribution in [3.05, 3.63) is 0 Å². The summed E-state index contributed by atoms with van der Waals surface area (Å²) in [7, 11) is 0. The lowest BCUT2D eigenvalue weighted by Gasteiger charge is -2.34. The SMILES string of the molecule is CC(CO)COC(C)(C)C(CO)COC(C)C. The summed E-state index contributed by atoms with van der Waals surface area (Å²) >= 11 is 0. The molecule has 2 atom stereocenters. The Labute approximate surface area is 105 Å². The molecule has 17 heavy (non-hydrogen) atoms. The van der Waals surface area contributed by atoms with Crippen LogP contribution >= 0.6 is 0 Å². The van der Waals surface area contributed by atoms with Gasteiger partial charge in [-0.25, -0.2) is 0 Å². The smallest absolute Gasteiger partial charge is 0.0698 e. The third kappa shape index (κ3) is 6.99. The topological polar surface area (TPSA) is 58.9 Å². The summed E-state index contributed by atoms with van der Waals surface area (Å²) < 4.78 is 11.3. The first kappa shape index (κ1) is 16.8. The van der Waals surface area contributed by atoms with Crippen LogP contribution in [0, 0.1) is 11.8 Å². The van der Waals surface area contributed by atoms with E-state index in [-0.39, 0.29) is 31.2 Å². The van der Waals surface area contributed by atoms with Crippen molar-refractivity contribution in [2.45, 2.75) is 46.3 Å². The van der Waals surface area contributed by atoms with E-state index >= 15 is 0 Å². The molecule has 4 nitrogen and oxygen atoms in total. The normalized spacial score (nSPS) is 16.2. The molecule has 0 amide bonds. The first-order valence-electron chi connectivity index (χ1n) is 6.30. The van der Waals surface area contributed by atoms with Crippen molar-refractivity contribution in [1.29, 1.82) is 0 Å². The first-order chi connectivity index (χ1) is 7.83. The molecule has 0 bridgehead atoms. The van der Waals surface area contributed by atoms with E-state index in [0.29, 0.717) is 13.2 Å². The molecule has 0 spiro atoms. The van der Waals surface area contributed by atoms with Crippen LogP contribution in [-0.4, -0.2) is 48.3 Å². The Morgan fingerprint density at radius 3 is 2.00 bits per heavy atom. The maximum Gasteiger partial charge on any atom is 0.0698 e. The Kier molecular flexibility index (Phi) is 7.96. The summed E-state index contributed by atoms with van der Waals surface area (Å²) in [6.45, 7) is 10.9. The van der Waals surface area contributed by atoms with Gasteiger partial charge in [0, 0.05) is 18.4 Å². The second-order valence-corrected chi connectivity index (χ2v) is 5.46. The van der Waals surface area contributed by atoms with E-state index in [4.69, 9.17) is 14.6 Å². The van der Waals surface area contributed by atoms with E-state index in [1.807, 2.05) is 34.6 Å². The molecule has 0 heterocycles. The maximum absolute atomic E-state index is 9.39. The van der Waals surface area contributed by atoms with Gasteiger partial charge < -0.3 is 19.7 Å². The molecule has 0 rings (SSSR count). The zero-order valence-electron chi connectivity index (χ0n) is 11.8. The molecular weight excluding hydrogens is 220 g/mol. The lowest BCUT2D eigenvalue weighted by Crippen LogP contribution is -2.41. The lowest BCUT2D eigenvalue weighted by molar-refractivity contribution is -0.114. The van der Waals surface area contributed by atoms with Gasteiger partial charge in [-0.2, -0.15) is 0 Å². The molecule has 0 aliphatic heterocycles. The van der Waals surface area contributed by atoms with Gasteiger partial charge in [-0.05, 0) is 27.7 Å². The lowest BCUT2D eigenvalue weighted by atomic mass is 9.92. The van der Waals surface area contributed by atoms with Crippen molar-refractivity contribution >= 4 is 0 Å². The summed E-state index contributed by atoms with van der Waals surface area (Å²) in [5.74, 6) is 0.0513. The number of hydrogen-bond donors (Lipinski definition) is 2. The van der Waals surface area contributed by atoms with Gasteiger partial charge in [0.25, 0.3) is 0 Å². The Morgan fingerprint density at radius 2 is 1.59 bits per heavy atom. The highest BCUT2D eigenvalue weighted by Crippen LogP contribution is 2.23. The third-order valence-electron chi connectivity index (χ3n) is 2.89. The molecule has 0 aromatic rings. The fraction of sp³-hybridized carbons (Fsp3) is 1.00. The van der Waals surface area contributed by atoms with Crippen LogP contribution in [0.5, 0.6) is 0 Å². The highest BCUT2D eigenvalue weighted by molar-refractivity contribution is 4.79. The van der Waals surface area contributed by atoms with Gasteiger partial charge >= 0.3 is 0 Å². The average molecular weight is 248 g/mol. The average Bonchev–Trinajstić information content (AvgIpc) is 2.26. The van der Waals surface area contributed by atoms with Gasteiger partial charge in [-0.3, -0.25) is 0 Å². The van der Waals surface area contributed by atoms with E-state index in [2.05, 4.69) is 0 Å². The van der Waals surface area contributed by atoms with E-state index in [1.54, 1.807) is 0 Å². The molecule has 0 aromatic carbocycles. The molecule has 0 fully saturated rings. The van der Waals surface area contributed by atoms with Crippen LogP contribution in [0.25, 0.3) is 0 Å². The standard InChI is InChI=1S/C13H28O4/c1-10(2)16-9-12(7-15)13(4,5)17-8-11(3)6-14/h10-12,14-15H,6-9H2,1-5H3. The van der Waals surface area contributed by atoms with Crippen LogP contribution in [0.4, 0.5) is 0 Å². The number of aliphatic hydroxyl groups is 2. The van der Waals surface area contributed by atoms with E-state index in [9.17, 15) is 5.11 Å². The minimum absolute atomic E-state index is 0.0349. The van der Waals surface area contributed by atoms with Crippen molar-refractivity contribution in [2.24, 2.45) is 11.8 Å². The van der Waals surface area contributed by atoms with Crippen LogP contribution in [-0.2, 0) is 9.47 Å². The van der Waals surface area contributed by atoms with Gasteiger partial charge in [-0.15, -0.1) is 0 Å². The van der Waals surface area contributed by atoms with Gasteiger partial charge in [0.15, 0.2) is 0 Å². The molecule has 0 saturated heterocycles. The molecule has 0 aliphatic rings. The van der Waals surface area contributed by atoms with Crippen molar-refractivity contribution in [3.63, 3.8) is 0 Å². The minimum Gasteiger partial charge on any atom is -0.396 e.